The van der Waals surface area contributed by atoms with Gasteiger partial charge in [-0.05, 0) is 41.7 Å². The quantitative estimate of drug-likeness (QED) is 0.859. The van der Waals surface area contributed by atoms with Crippen LogP contribution in [-0.2, 0) is 11.2 Å². The molecule has 3 rings (SSSR count). The van der Waals surface area contributed by atoms with E-state index in [1.165, 1.54) is 11.1 Å². The first-order valence-electron chi connectivity index (χ1n) is 7.76. The van der Waals surface area contributed by atoms with Crippen molar-refractivity contribution in [3.8, 4) is 5.75 Å². The Morgan fingerprint density at radius 2 is 2.00 bits per heavy atom. The summed E-state index contributed by atoms with van der Waals surface area (Å²) in [5, 5.41) is 0. The molecule has 22 heavy (non-hydrogen) atoms. The molecular formula is C19H21NO2. The van der Waals surface area contributed by atoms with Crippen LogP contribution in [-0.4, -0.2) is 19.1 Å². The number of fused-ring (bicyclic) bond motifs is 1. The predicted octanol–water partition coefficient (Wildman–Crippen LogP) is 3.78. The van der Waals surface area contributed by atoms with Crippen molar-refractivity contribution in [2.75, 3.05) is 18.1 Å². The number of hydrogen-bond acceptors (Lipinski definition) is 2. The molecule has 2 aromatic rings. The molecule has 0 fully saturated rings. The molecule has 0 saturated carbocycles. The lowest BCUT2D eigenvalue weighted by atomic mass is 10.0. The van der Waals surface area contributed by atoms with E-state index in [1.54, 1.807) is 0 Å². The highest BCUT2D eigenvalue weighted by molar-refractivity contribution is 5.96. The van der Waals surface area contributed by atoms with Gasteiger partial charge in [-0.15, -0.1) is 0 Å². The van der Waals surface area contributed by atoms with Crippen LogP contribution in [0, 0.1) is 0 Å². The normalized spacial score (nSPS) is 13.3. The van der Waals surface area contributed by atoms with Gasteiger partial charge in [0.25, 0.3) is 5.91 Å². The van der Waals surface area contributed by atoms with E-state index in [0.29, 0.717) is 5.92 Å². The second-order valence-electron chi connectivity index (χ2n) is 5.94. The molecule has 3 heteroatoms. The smallest absolute Gasteiger partial charge is 0.264 e. The van der Waals surface area contributed by atoms with Gasteiger partial charge in [-0.25, -0.2) is 0 Å². The average Bonchev–Trinajstić information content (AvgIpc) is 2.97. The summed E-state index contributed by atoms with van der Waals surface area (Å²) in [6.07, 6.45) is 0.921. The Labute approximate surface area is 131 Å². The molecule has 0 aromatic heterocycles. The van der Waals surface area contributed by atoms with Gasteiger partial charge in [0, 0.05) is 12.2 Å². The minimum absolute atomic E-state index is 0.0138. The van der Waals surface area contributed by atoms with Crippen molar-refractivity contribution < 1.29 is 9.53 Å². The van der Waals surface area contributed by atoms with E-state index < -0.39 is 0 Å². The Balaban J connectivity index is 1.65. The maximum atomic E-state index is 12.4. The Morgan fingerprint density at radius 3 is 2.82 bits per heavy atom. The minimum atomic E-state index is 0.0138. The summed E-state index contributed by atoms with van der Waals surface area (Å²) in [6, 6.07) is 16.0. The molecule has 0 aliphatic carbocycles. The van der Waals surface area contributed by atoms with Crippen LogP contribution in [0.3, 0.4) is 0 Å². The van der Waals surface area contributed by atoms with E-state index >= 15 is 0 Å². The molecule has 114 valence electrons. The van der Waals surface area contributed by atoms with Gasteiger partial charge in [0.2, 0.25) is 0 Å². The van der Waals surface area contributed by atoms with Crippen LogP contribution < -0.4 is 9.64 Å². The standard InChI is InChI=1S/C19H21NO2/c1-14(2)16-7-5-8-17(12-16)22-13-19(21)20-11-10-15-6-3-4-9-18(15)20/h3-9,12,14H,10-11,13H2,1-2H3. The fraction of sp³-hybridized carbons (Fsp3) is 0.316. The summed E-state index contributed by atoms with van der Waals surface area (Å²) in [6.45, 7) is 5.11. The minimum Gasteiger partial charge on any atom is -0.484 e. The molecule has 0 N–H and O–H groups in total. The number of para-hydroxylation sites is 1. The fourth-order valence-electron chi connectivity index (χ4n) is 2.78. The largest absolute Gasteiger partial charge is 0.484 e. The van der Waals surface area contributed by atoms with Crippen molar-refractivity contribution in [3.63, 3.8) is 0 Å². The van der Waals surface area contributed by atoms with Gasteiger partial charge in [-0.1, -0.05) is 44.2 Å². The average molecular weight is 295 g/mol. The maximum absolute atomic E-state index is 12.4. The third-order valence-corrected chi connectivity index (χ3v) is 4.08. The SMILES string of the molecule is CC(C)c1cccc(OCC(=O)N2CCc3ccccc32)c1. The van der Waals surface area contributed by atoms with Gasteiger partial charge in [-0.2, -0.15) is 0 Å². The van der Waals surface area contributed by atoms with E-state index in [2.05, 4.69) is 26.0 Å². The van der Waals surface area contributed by atoms with Crippen molar-refractivity contribution in [2.45, 2.75) is 26.2 Å². The number of carbonyl (C=O) groups excluding carboxylic acids is 1. The van der Waals surface area contributed by atoms with Crippen LogP contribution in [0.25, 0.3) is 0 Å². The molecule has 0 spiro atoms. The molecule has 1 aliphatic heterocycles. The van der Waals surface area contributed by atoms with Gasteiger partial charge in [0.1, 0.15) is 5.75 Å². The summed E-state index contributed by atoms with van der Waals surface area (Å²) in [4.78, 5) is 14.2. The molecule has 1 heterocycles. The van der Waals surface area contributed by atoms with Crippen LogP contribution in [0.2, 0.25) is 0 Å². The first-order chi connectivity index (χ1) is 10.6. The van der Waals surface area contributed by atoms with Gasteiger partial charge in [-0.3, -0.25) is 4.79 Å². The molecule has 0 unspecified atom stereocenters. The third-order valence-electron chi connectivity index (χ3n) is 4.08. The molecule has 0 radical (unpaired) electrons. The van der Waals surface area contributed by atoms with Crippen molar-refractivity contribution in [2.24, 2.45) is 0 Å². The van der Waals surface area contributed by atoms with Gasteiger partial charge in [0.15, 0.2) is 6.61 Å². The number of anilines is 1. The van der Waals surface area contributed by atoms with E-state index in [1.807, 2.05) is 41.3 Å². The summed E-state index contributed by atoms with van der Waals surface area (Å²) in [5.41, 5.74) is 3.47. The molecular weight excluding hydrogens is 274 g/mol. The summed E-state index contributed by atoms with van der Waals surface area (Å²) < 4.78 is 5.69. The molecule has 3 nitrogen and oxygen atoms in total. The third kappa shape index (κ3) is 2.98. The van der Waals surface area contributed by atoms with Crippen LogP contribution in [0.5, 0.6) is 5.75 Å². The van der Waals surface area contributed by atoms with E-state index in [-0.39, 0.29) is 12.5 Å². The topological polar surface area (TPSA) is 29.5 Å². The number of benzene rings is 2. The molecule has 0 atom stereocenters. The van der Waals surface area contributed by atoms with E-state index in [9.17, 15) is 4.79 Å². The zero-order valence-electron chi connectivity index (χ0n) is 13.1. The molecule has 2 aromatic carbocycles. The van der Waals surface area contributed by atoms with Crippen molar-refractivity contribution in [1.29, 1.82) is 0 Å². The number of hydrogen-bond donors (Lipinski definition) is 0. The zero-order valence-corrected chi connectivity index (χ0v) is 13.1. The number of nitrogens with zero attached hydrogens (tertiary/aromatic N) is 1. The van der Waals surface area contributed by atoms with E-state index in [0.717, 1.165) is 24.4 Å². The monoisotopic (exact) mass is 295 g/mol. The highest BCUT2D eigenvalue weighted by atomic mass is 16.5. The molecule has 1 aliphatic rings. The Hall–Kier alpha value is -2.29. The van der Waals surface area contributed by atoms with Gasteiger partial charge in [0.05, 0.1) is 0 Å². The number of ether oxygens (including phenoxy) is 1. The van der Waals surface area contributed by atoms with Crippen LogP contribution in [0.1, 0.15) is 30.9 Å². The summed E-state index contributed by atoms with van der Waals surface area (Å²) in [7, 11) is 0. The summed E-state index contributed by atoms with van der Waals surface area (Å²) in [5.74, 6) is 1.22. The number of rotatable bonds is 4. The van der Waals surface area contributed by atoms with Crippen LogP contribution in [0.15, 0.2) is 48.5 Å². The number of amides is 1. The first kappa shape index (κ1) is 14.6. The summed E-state index contributed by atoms with van der Waals surface area (Å²) >= 11 is 0. The fourth-order valence-corrected chi connectivity index (χ4v) is 2.78. The zero-order chi connectivity index (χ0) is 15.5. The van der Waals surface area contributed by atoms with Crippen LogP contribution >= 0.6 is 0 Å². The molecule has 1 amide bonds. The van der Waals surface area contributed by atoms with Gasteiger partial charge < -0.3 is 9.64 Å². The van der Waals surface area contributed by atoms with Crippen molar-refractivity contribution in [3.05, 3.63) is 59.7 Å². The predicted molar refractivity (Wildman–Crippen MR) is 88.5 cm³/mol. The molecule has 0 bridgehead atoms. The molecule has 0 saturated heterocycles. The highest BCUT2D eigenvalue weighted by Crippen LogP contribution is 2.27. The Kier molecular flexibility index (Phi) is 4.14. The Bertz CT molecular complexity index is 679. The van der Waals surface area contributed by atoms with Crippen molar-refractivity contribution in [1.82, 2.24) is 0 Å². The Morgan fingerprint density at radius 1 is 1.18 bits per heavy atom. The maximum Gasteiger partial charge on any atom is 0.264 e. The lowest BCUT2D eigenvalue weighted by Gasteiger charge is -2.18. The lowest BCUT2D eigenvalue weighted by molar-refractivity contribution is -0.120. The van der Waals surface area contributed by atoms with Crippen LogP contribution in [0.4, 0.5) is 5.69 Å². The van der Waals surface area contributed by atoms with Crippen molar-refractivity contribution >= 4 is 11.6 Å². The second-order valence-corrected chi connectivity index (χ2v) is 5.94. The first-order valence-corrected chi connectivity index (χ1v) is 7.76. The number of carbonyl (C=O) groups is 1. The lowest BCUT2D eigenvalue weighted by Crippen LogP contribution is -2.33. The van der Waals surface area contributed by atoms with E-state index in [4.69, 9.17) is 4.74 Å². The second kappa shape index (κ2) is 6.22. The highest BCUT2D eigenvalue weighted by Gasteiger charge is 2.24. The van der Waals surface area contributed by atoms with Gasteiger partial charge >= 0.3 is 0 Å².